The van der Waals surface area contributed by atoms with Gasteiger partial charge in [-0.05, 0) is 61.4 Å². The van der Waals surface area contributed by atoms with Crippen molar-refractivity contribution in [3.63, 3.8) is 0 Å². The zero-order valence-corrected chi connectivity index (χ0v) is 19.4. The highest BCUT2D eigenvalue weighted by Crippen LogP contribution is 2.28. The molecule has 0 aliphatic carbocycles. The van der Waals surface area contributed by atoms with Gasteiger partial charge in [0.25, 0.3) is 0 Å². The quantitative estimate of drug-likeness (QED) is 0.682. The van der Waals surface area contributed by atoms with Crippen LogP contribution in [-0.2, 0) is 6.54 Å². The molecule has 2 fully saturated rings. The van der Waals surface area contributed by atoms with Crippen LogP contribution in [0.15, 0.2) is 30.6 Å². The number of rotatable bonds is 5. The Bertz CT molecular complexity index is 867. The number of anilines is 3. The fourth-order valence-electron chi connectivity index (χ4n) is 4.27. The van der Waals surface area contributed by atoms with Gasteiger partial charge in [0.15, 0.2) is 5.11 Å². The fourth-order valence-corrected chi connectivity index (χ4v) is 4.43. The maximum Gasteiger partial charge on any atom is 0.232 e. The lowest BCUT2D eigenvalue weighted by molar-refractivity contribution is 0.435. The van der Waals surface area contributed by atoms with E-state index in [0.29, 0.717) is 23.5 Å². The molecule has 2 aromatic heterocycles. The molecule has 2 aliphatic heterocycles. The Kier molecular flexibility index (Phi) is 7.17. The van der Waals surface area contributed by atoms with E-state index in [1.165, 1.54) is 25.7 Å². The van der Waals surface area contributed by atoms with Gasteiger partial charge in [-0.3, -0.25) is 4.98 Å². The molecule has 2 saturated heterocycles. The Morgan fingerprint density at radius 3 is 2.55 bits per heavy atom. The van der Waals surface area contributed by atoms with Crippen molar-refractivity contribution in [1.29, 1.82) is 0 Å². The van der Waals surface area contributed by atoms with Gasteiger partial charge in [-0.15, -0.1) is 0 Å². The Labute approximate surface area is 190 Å². The minimum atomic E-state index is 0.520. The van der Waals surface area contributed by atoms with E-state index in [4.69, 9.17) is 22.2 Å². The van der Waals surface area contributed by atoms with Gasteiger partial charge in [-0.25, -0.2) is 0 Å². The van der Waals surface area contributed by atoms with E-state index in [1.54, 1.807) is 6.20 Å². The number of pyridine rings is 1. The molecule has 0 spiro atoms. The first-order valence-corrected chi connectivity index (χ1v) is 11.8. The summed E-state index contributed by atoms with van der Waals surface area (Å²) in [5, 5.41) is 6.97. The molecular weight excluding hydrogens is 406 g/mol. The van der Waals surface area contributed by atoms with Gasteiger partial charge in [0.05, 0.1) is 0 Å². The van der Waals surface area contributed by atoms with Crippen molar-refractivity contribution in [2.45, 2.75) is 46.1 Å². The van der Waals surface area contributed by atoms with Crippen LogP contribution in [0.2, 0.25) is 0 Å². The maximum atomic E-state index is 5.52. The summed E-state index contributed by atoms with van der Waals surface area (Å²) >= 11 is 5.52. The lowest BCUT2D eigenvalue weighted by Gasteiger charge is -2.34. The summed E-state index contributed by atoms with van der Waals surface area (Å²) in [7, 11) is 0. The third kappa shape index (κ3) is 6.03. The van der Waals surface area contributed by atoms with Gasteiger partial charge in [-0.1, -0.05) is 19.9 Å². The van der Waals surface area contributed by atoms with Gasteiger partial charge in [0, 0.05) is 51.2 Å². The maximum absolute atomic E-state index is 5.52. The molecular formula is C23H33N7S. The van der Waals surface area contributed by atoms with Crippen LogP contribution in [0, 0.1) is 11.8 Å². The molecule has 0 amide bonds. The number of nitrogens with one attached hydrogen (secondary N) is 2. The summed E-state index contributed by atoms with van der Waals surface area (Å²) in [6.07, 6.45) is 8.49. The molecule has 2 N–H and O–H groups in total. The molecule has 8 heteroatoms. The van der Waals surface area contributed by atoms with Crippen LogP contribution in [-0.4, -0.2) is 46.2 Å². The summed E-state index contributed by atoms with van der Waals surface area (Å²) in [6, 6.07) is 6.10. The van der Waals surface area contributed by atoms with Crippen LogP contribution in [0.4, 0.5) is 17.6 Å². The monoisotopic (exact) mass is 439 g/mol. The minimum absolute atomic E-state index is 0.520. The van der Waals surface area contributed by atoms with Gasteiger partial charge in [-0.2, -0.15) is 9.97 Å². The highest BCUT2D eigenvalue weighted by atomic mass is 32.1. The number of piperidine rings is 2. The van der Waals surface area contributed by atoms with E-state index in [1.807, 2.05) is 18.3 Å². The second-order valence-electron chi connectivity index (χ2n) is 8.94. The lowest BCUT2D eigenvalue weighted by atomic mass is 9.99. The van der Waals surface area contributed by atoms with Crippen molar-refractivity contribution in [2.24, 2.45) is 11.8 Å². The molecule has 1 atom stereocenters. The SMILES string of the molecule is CC1CCN(c2cc(N3CCC[C@@H](C)C3)nc(NC(=S)NCc3cccnc3)n2)CC1. The molecule has 166 valence electrons. The van der Waals surface area contributed by atoms with Crippen molar-refractivity contribution in [2.75, 3.05) is 41.3 Å². The third-order valence-corrected chi connectivity index (χ3v) is 6.44. The summed E-state index contributed by atoms with van der Waals surface area (Å²) in [5.41, 5.74) is 1.08. The predicted octanol–water partition coefficient (Wildman–Crippen LogP) is 3.83. The molecule has 0 unspecified atom stereocenters. The van der Waals surface area contributed by atoms with Crippen LogP contribution in [0.25, 0.3) is 0 Å². The highest BCUT2D eigenvalue weighted by molar-refractivity contribution is 7.80. The first-order chi connectivity index (χ1) is 15.1. The highest BCUT2D eigenvalue weighted by Gasteiger charge is 2.22. The zero-order chi connectivity index (χ0) is 21.6. The molecule has 2 aromatic rings. The summed E-state index contributed by atoms with van der Waals surface area (Å²) in [4.78, 5) is 18.6. The number of thiocarbonyl (C=S) groups is 1. The molecule has 7 nitrogen and oxygen atoms in total. The van der Waals surface area contributed by atoms with Gasteiger partial charge >= 0.3 is 0 Å². The van der Waals surface area contributed by atoms with Gasteiger partial charge < -0.3 is 20.4 Å². The molecule has 0 radical (unpaired) electrons. The van der Waals surface area contributed by atoms with Gasteiger partial charge in [0.1, 0.15) is 11.6 Å². The minimum Gasteiger partial charge on any atom is -0.358 e. The summed E-state index contributed by atoms with van der Waals surface area (Å²) in [5.74, 6) is 4.01. The van der Waals surface area contributed by atoms with E-state index < -0.39 is 0 Å². The van der Waals surface area contributed by atoms with Crippen molar-refractivity contribution < 1.29 is 0 Å². The van der Waals surface area contributed by atoms with Crippen LogP contribution >= 0.6 is 12.2 Å². The molecule has 0 bridgehead atoms. The van der Waals surface area contributed by atoms with E-state index in [9.17, 15) is 0 Å². The van der Waals surface area contributed by atoms with Crippen LogP contribution in [0.1, 0.15) is 45.1 Å². The lowest BCUT2D eigenvalue weighted by Crippen LogP contribution is -2.37. The Balaban J connectivity index is 1.50. The number of hydrogen-bond donors (Lipinski definition) is 2. The average Bonchev–Trinajstić information content (AvgIpc) is 2.79. The fraction of sp³-hybridized carbons (Fsp3) is 0.565. The number of hydrogen-bond acceptors (Lipinski definition) is 6. The number of aromatic nitrogens is 3. The third-order valence-electron chi connectivity index (χ3n) is 6.19. The Morgan fingerprint density at radius 2 is 1.84 bits per heavy atom. The normalized spacial score (nSPS) is 19.9. The zero-order valence-electron chi connectivity index (χ0n) is 18.5. The van der Waals surface area contributed by atoms with Crippen molar-refractivity contribution in [3.05, 3.63) is 36.2 Å². The molecule has 0 aromatic carbocycles. The molecule has 4 heterocycles. The first-order valence-electron chi connectivity index (χ1n) is 11.4. The second-order valence-corrected chi connectivity index (χ2v) is 9.35. The van der Waals surface area contributed by atoms with Crippen LogP contribution < -0.4 is 20.4 Å². The van der Waals surface area contributed by atoms with E-state index in [0.717, 1.165) is 49.3 Å². The summed E-state index contributed by atoms with van der Waals surface area (Å²) < 4.78 is 0. The van der Waals surface area contributed by atoms with Crippen LogP contribution in [0.5, 0.6) is 0 Å². The van der Waals surface area contributed by atoms with E-state index >= 15 is 0 Å². The molecule has 0 saturated carbocycles. The van der Waals surface area contributed by atoms with Crippen molar-refractivity contribution in [1.82, 2.24) is 20.3 Å². The number of nitrogens with zero attached hydrogens (tertiary/aromatic N) is 5. The average molecular weight is 440 g/mol. The largest absolute Gasteiger partial charge is 0.358 e. The molecule has 4 rings (SSSR count). The predicted molar refractivity (Wildman–Crippen MR) is 131 cm³/mol. The second kappa shape index (κ2) is 10.2. The Morgan fingerprint density at radius 1 is 1.06 bits per heavy atom. The van der Waals surface area contributed by atoms with E-state index in [2.05, 4.69) is 45.3 Å². The topological polar surface area (TPSA) is 69.2 Å². The summed E-state index contributed by atoms with van der Waals surface area (Å²) in [6.45, 7) is 9.42. The standard InChI is InChI=1S/C23H33N7S/c1-17-7-11-29(12-8-17)20-13-21(30-10-4-5-18(2)16-30)27-22(26-20)28-23(31)25-15-19-6-3-9-24-14-19/h3,6,9,13-14,17-18H,4-5,7-8,10-12,15-16H2,1-2H3,(H2,25,26,27,28,31)/t18-/m1/s1. The van der Waals surface area contributed by atoms with Crippen LogP contribution in [0.3, 0.4) is 0 Å². The van der Waals surface area contributed by atoms with E-state index in [-0.39, 0.29) is 0 Å². The Hall–Kier alpha value is -2.48. The first kappa shape index (κ1) is 21.7. The van der Waals surface area contributed by atoms with Gasteiger partial charge in [0.2, 0.25) is 5.95 Å². The molecule has 2 aliphatic rings. The smallest absolute Gasteiger partial charge is 0.232 e. The van der Waals surface area contributed by atoms with Crippen molar-refractivity contribution in [3.8, 4) is 0 Å². The van der Waals surface area contributed by atoms with Crippen molar-refractivity contribution >= 4 is 34.9 Å². The molecule has 31 heavy (non-hydrogen) atoms.